The van der Waals surface area contributed by atoms with Crippen LogP contribution in [0.15, 0.2) is 60.1 Å². The lowest BCUT2D eigenvalue weighted by molar-refractivity contribution is -0.116. The van der Waals surface area contributed by atoms with Gasteiger partial charge in [-0.1, -0.05) is 0 Å². The standard InChI is InChI=1S/C19H17N5O3S/c25-19-3-1-2-13-8-16(5-6-17(13)23-19)28(26,27)24-18-7-4-14(11-22-18)15-9-20-12-21-10-15/h4-12H,1-3H2,(H,22,24)(H,23,25). The van der Waals surface area contributed by atoms with Crippen LogP contribution < -0.4 is 10.0 Å². The monoisotopic (exact) mass is 395 g/mol. The molecule has 0 atom stereocenters. The lowest BCUT2D eigenvalue weighted by Gasteiger charge is -2.11. The van der Waals surface area contributed by atoms with E-state index in [9.17, 15) is 13.2 Å². The third-order valence-corrected chi connectivity index (χ3v) is 5.76. The van der Waals surface area contributed by atoms with Gasteiger partial charge in [0.05, 0.1) is 4.90 Å². The first kappa shape index (κ1) is 18.1. The lowest BCUT2D eigenvalue weighted by atomic mass is 10.1. The molecule has 142 valence electrons. The number of anilines is 2. The molecule has 0 saturated heterocycles. The number of benzene rings is 1. The Balaban J connectivity index is 1.56. The quantitative estimate of drug-likeness (QED) is 0.702. The summed E-state index contributed by atoms with van der Waals surface area (Å²) in [5, 5.41) is 2.80. The van der Waals surface area contributed by atoms with E-state index < -0.39 is 10.0 Å². The molecule has 1 aliphatic rings. The predicted octanol–water partition coefficient (Wildman–Crippen LogP) is 2.61. The molecule has 0 unspecified atom stereocenters. The molecule has 1 amide bonds. The highest BCUT2D eigenvalue weighted by Crippen LogP contribution is 2.26. The van der Waals surface area contributed by atoms with Crippen molar-refractivity contribution in [2.75, 3.05) is 10.0 Å². The zero-order valence-corrected chi connectivity index (χ0v) is 15.6. The number of hydrogen-bond donors (Lipinski definition) is 2. The molecule has 28 heavy (non-hydrogen) atoms. The van der Waals surface area contributed by atoms with Gasteiger partial charge in [0.1, 0.15) is 12.1 Å². The number of fused-ring (bicyclic) bond motifs is 1. The van der Waals surface area contributed by atoms with Crippen molar-refractivity contribution in [1.82, 2.24) is 15.0 Å². The molecule has 2 aromatic heterocycles. The lowest BCUT2D eigenvalue weighted by Crippen LogP contribution is -2.15. The molecule has 9 heteroatoms. The Morgan fingerprint density at radius 3 is 2.54 bits per heavy atom. The highest BCUT2D eigenvalue weighted by atomic mass is 32.2. The van der Waals surface area contributed by atoms with Crippen LogP contribution in [0.25, 0.3) is 11.1 Å². The fraction of sp³-hybridized carbons (Fsp3) is 0.158. The van der Waals surface area contributed by atoms with Crippen LogP contribution in [-0.2, 0) is 21.2 Å². The fourth-order valence-corrected chi connectivity index (χ4v) is 4.05. The number of nitrogens with one attached hydrogen (secondary N) is 2. The van der Waals surface area contributed by atoms with Crippen molar-refractivity contribution < 1.29 is 13.2 Å². The maximum absolute atomic E-state index is 12.7. The van der Waals surface area contributed by atoms with E-state index in [1.807, 2.05) is 0 Å². The van der Waals surface area contributed by atoms with Gasteiger partial charge in [-0.3, -0.25) is 9.52 Å². The third kappa shape index (κ3) is 3.84. The first-order valence-corrected chi connectivity index (χ1v) is 10.2. The van der Waals surface area contributed by atoms with Crippen molar-refractivity contribution in [1.29, 1.82) is 0 Å². The van der Waals surface area contributed by atoms with Crippen molar-refractivity contribution >= 4 is 27.4 Å². The average Bonchev–Trinajstić information content (AvgIpc) is 2.89. The van der Waals surface area contributed by atoms with Gasteiger partial charge in [-0.25, -0.2) is 23.4 Å². The van der Waals surface area contributed by atoms with Gasteiger partial charge in [-0.2, -0.15) is 0 Å². The van der Waals surface area contributed by atoms with E-state index in [1.54, 1.807) is 42.9 Å². The molecule has 4 rings (SSSR count). The summed E-state index contributed by atoms with van der Waals surface area (Å²) in [6, 6.07) is 8.03. The van der Waals surface area contributed by atoms with Crippen molar-refractivity contribution in [2.45, 2.75) is 24.2 Å². The number of carbonyl (C=O) groups is 1. The minimum atomic E-state index is -3.80. The summed E-state index contributed by atoms with van der Waals surface area (Å²) in [6.45, 7) is 0. The molecular formula is C19H17N5O3S. The Labute approximate surface area is 162 Å². The zero-order valence-electron chi connectivity index (χ0n) is 14.8. The largest absolute Gasteiger partial charge is 0.326 e. The number of amides is 1. The van der Waals surface area contributed by atoms with E-state index in [4.69, 9.17) is 0 Å². The number of hydrogen-bond acceptors (Lipinski definition) is 6. The molecule has 0 fully saturated rings. The van der Waals surface area contributed by atoms with E-state index >= 15 is 0 Å². The first-order chi connectivity index (χ1) is 13.5. The number of nitrogens with zero attached hydrogens (tertiary/aromatic N) is 3. The third-order valence-electron chi connectivity index (χ3n) is 4.41. The van der Waals surface area contributed by atoms with Crippen LogP contribution in [0.1, 0.15) is 18.4 Å². The topological polar surface area (TPSA) is 114 Å². The summed E-state index contributed by atoms with van der Waals surface area (Å²) in [5.74, 6) is 0.157. The molecule has 3 aromatic rings. The number of pyridine rings is 1. The molecule has 2 N–H and O–H groups in total. The fourth-order valence-electron chi connectivity index (χ4n) is 2.99. The Morgan fingerprint density at radius 2 is 1.79 bits per heavy atom. The molecule has 1 aromatic carbocycles. The van der Waals surface area contributed by atoms with Gasteiger partial charge in [-0.05, 0) is 48.7 Å². The molecule has 0 saturated carbocycles. The van der Waals surface area contributed by atoms with Crippen molar-refractivity contribution in [3.8, 4) is 11.1 Å². The van der Waals surface area contributed by atoms with Crippen LogP contribution in [0, 0.1) is 0 Å². The van der Waals surface area contributed by atoms with Crippen molar-refractivity contribution in [3.05, 3.63) is 60.8 Å². The number of aromatic nitrogens is 3. The van der Waals surface area contributed by atoms with Crippen molar-refractivity contribution in [2.24, 2.45) is 0 Å². The molecule has 0 aliphatic carbocycles. The van der Waals surface area contributed by atoms with Crippen LogP contribution in [0.3, 0.4) is 0 Å². The highest BCUT2D eigenvalue weighted by molar-refractivity contribution is 7.92. The summed E-state index contributed by atoms with van der Waals surface area (Å²) < 4.78 is 28.0. The Kier molecular flexibility index (Phi) is 4.74. The summed E-state index contributed by atoms with van der Waals surface area (Å²) in [7, 11) is -3.80. The Hall–Kier alpha value is -3.33. The molecule has 0 bridgehead atoms. The van der Waals surface area contributed by atoms with Gasteiger partial charge < -0.3 is 5.32 Å². The van der Waals surface area contributed by atoms with Crippen LogP contribution in [0.5, 0.6) is 0 Å². The first-order valence-electron chi connectivity index (χ1n) is 8.68. The van der Waals surface area contributed by atoms with Crippen LogP contribution in [0.2, 0.25) is 0 Å². The number of aryl methyl sites for hydroxylation is 1. The van der Waals surface area contributed by atoms with Gasteiger partial charge in [0.2, 0.25) is 5.91 Å². The second-order valence-corrected chi connectivity index (χ2v) is 8.07. The summed E-state index contributed by atoms with van der Waals surface area (Å²) in [6.07, 6.45) is 8.06. The molecule has 1 aliphatic heterocycles. The van der Waals surface area contributed by atoms with Gasteiger partial charge in [0, 0.05) is 41.8 Å². The number of sulfonamides is 1. The minimum absolute atomic E-state index is 0.0550. The maximum Gasteiger partial charge on any atom is 0.263 e. The molecule has 3 heterocycles. The highest BCUT2D eigenvalue weighted by Gasteiger charge is 2.19. The van der Waals surface area contributed by atoms with Gasteiger partial charge in [0.25, 0.3) is 10.0 Å². The van der Waals surface area contributed by atoms with Gasteiger partial charge in [-0.15, -0.1) is 0 Å². The maximum atomic E-state index is 12.7. The Bertz CT molecular complexity index is 1120. The van der Waals surface area contributed by atoms with E-state index in [2.05, 4.69) is 25.0 Å². The van der Waals surface area contributed by atoms with Crippen LogP contribution in [-0.4, -0.2) is 29.3 Å². The second-order valence-electron chi connectivity index (χ2n) is 6.39. The molecular weight excluding hydrogens is 378 g/mol. The SMILES string of the molecule is O=C1CCCc2cc(S(=O)(=O)Nc3ccc(-c4cncnc4)cn3)ccc2N1. The molecule has 0 radical (unpaired) electrons. The second kappa shape index (κ2) is 7.35. The predicted molar refractivity (Wildman–Crippen MR) is 104 cm³/mol. The summed E-state index contributed by atoms with van der Waals surface area (Å²) >= 11 is 0. The number of carbonyl (C=O) groups excluding carboxylic acids is 1. The van der Waals surface area contributed by atoms with E-state index in [1.165, 1.54) is 12.4 Å². The van der Waals surface area contributed by atoms with E-state index in [-0.39, 0.29) is 16.6 Å². The normalized spacial score (nSPS) is 13.9. The van der Waals surface area contributed by atoms with Crippen molar-refractivity contribution in [3.63, 3.8) is 0 Å². The van der Waals surface area contributed by atoms with Gasteiger partial charge in [0.15, 0.2) is 0 Å². The number of rotatable bonds is 4. The molecule has 0 spiro atoms. The van der Waals surface area contributed by atoms with Crippen LogP contribution >= 0.6 is 0 Å². The van der Waals surface area contributed by atoms with E-state index in [0.717, 1.165) is 16.7 Å². The minimum Gasteiger partial charge on any atom is -0.326 e. The average molecular weight is 395 g/mol. The van der Waals surface area contributed by atoms with Gasteiger partial charge >= 0.3 is 0 Å². The zero-order chi connectivity index (χ0) is 19.6. The van der Waals surface area contributed by atoms with Crippen LogP contribution in [0.4, 0.5) is 11.5 Å². The summed E-state index contributed by atoms with van der Waals surface area (Å²) in [4.78, 5) is 23.9. The molecule has 8 nitrogen and oxygen atoms in total. The smallest absolute Gasteiger partial charge is 0.263 e. The van der Waals surface area contributed by atoms with E-state index in [0.29, 0.717) is 24.9 Å². The Morgan fingerprint density at radius 1 is 0.964 bits per heavy atom. The summed E-state index contributed by atoms with van der Waals surface area (Å²) in [5.41, 5.74) is 3.04.